The first-order valence-electron chi connectivity index (χ1n) is 13.5. The number of H-pyrrole nitrogens is 1. The first-order valence-corrected chi connectivity index (χ1v) is 14.3. The van der Waals surface area contributed by atoms with Crippen LogP contribution in [-0.2, 0) is 12.0 Å². The van der Waals surface area contributed by atoms with Crippen LogP contribution in [0.25, 0.3) is 11.3 Å². The van der Waals surface area contributed by atoms with Crippen molar-refractivity contribution in [2.24, 2.45) is 5.41 Å². The summed E-state index contributed by atoms with van der Waals surface area (Å²) in [5.74, 6) is -0.565. The number of aliphatic hydroxyl groups is 1. The molecule has 4 aromatic rings. The lowest BCUT2D eigenvalue weighted by Crippen LogP contribution is -2.33. The van der Waals surface area contributed by atoms with Crippen molar-refractivity contribution in [3.63, 3.8) is 0 Å². The van der Waals surface area contributed by atoms with E-state index in [1.54, 1.807) is 18.3 Å². The Balaban J connectivity index is 1.20. The minimum absolute atomic E-state index is 0.0179. The number of carbonyl (C=O) groups excluding carboxylic acids is 1. The van der Waals surface area contributed by atoms with E-state index in [4.69, 9.17) is 0 Å². The Morgan fingerprint density at radius 2 is 1.98 bits per heavy atom. The van der Waals surface area contributed by atoms with Gasteiger partial charge in [-0.1, -0.05) is 19.9 Å². The second-order valence-electron chi connectivity index (χ2n) is 11.6. The lowest BCUT2D eigenvalue weighted by atomic mass is 9.88. The molecule has 1 aromatic carbocycles. The summed E-state index contributed by atoms with van der Waals surface area (Å²) >= 11 is 1.31. The number of amides is 1. The van der Waals surface area contributed by atoms with Gasteiger partial charge in [0.05, 0.1) is 22.4 Å². The van der Waals surface area contributed by atoms with Gasteiger partial charge in [-0.3, -0.25) is 9.59 Å². The summed E-state index contributed by atoms with van der Waals surface area (Å²) < 4.78 is 14.7. The number of carbonyl (C=O) groups is 1. The van der Waals surface area contributed by atoms with Crippen LogP contribution in [0.1, 0.15) is 65.4 Å². The number of nitrogens with zero attached hydrogens (tertiary/aromatic N) is 2. The van der Waals surface area contributed by atoms with Gasteiger partial charge in [0.1, 0.15) is 17.3 Å². The highest BCUT2D eigenvalue weighted by Crippen LogP contribution is 2.48. The summed E-state index contributed by atoms with van der Waals surface area (Å²) in [4.78, 5) is 31.4. The highest BCUT2D eigenvalue weighted by molar-refractivity contribution is 7.14. The summed E-state index contributed by atoms with van der Waals surface area (Å²) in [6.07, 6.45) is 3.97. The van der Waals surface area contributed by atoms with Gasteiger partial charge in [0.15, 0.2) is 0 Å². The molecule has 0 spiro atoms. The van der Waals surface area contributed by atoms with Crippen LogP contribution < -0.4 is 21.5 Å². The summed E-state index contributed by atoms with van der Waals surface area (Å²) in [5, 5.41) is 26.4. The number of hydrogen-bond donors (Lipinski definition) is 5. The SMILES string of the molecule is CC1(C)Cc2sc(C(=O)Nc3cc(-c4cc(Nc5ccc([C@@]6(C)CCCN6)cn5)c(=O)[nH]n4)ccc3F)cc2[C@H]1O. The number of benzene rings is 1. The van der Waals surface area contributed by atoms with Gasteiger partial charge in [0, 0.05) is 22.2 Å². The molecule has 1 aliphatic carbocycles. The van der Waals surface area contributed by atoms with Crippen molar-refractivity contribution < 1.29 is 14.3 Å². The minimum atomic E-state index is -0.648. The smallest absolute Gasteiger partial charge is 0.287 e. The van der Waals surface area contributed by atoms with E-state index in [0.717, 1.165) is 35.4 Å². The molecule has 3 aromatic heterocycles. The zero-order chi connectivity index (χ0) is 28.9. The third-order valence-electron chi connectivity index (χ3n) is 8.06. The number of thiophene rings is 1. The summed E-state index contributed by atoms with van der Waals surface area (Å²) in [5.41, 5.74) is 2.10. The predicted molar refractivity (Wildman–Crippen MR) is 157 cm³/mol. The topological polar surface area (TPSA) is 132 Å². The van der Waals surface area contributed by atoms with Crippen LogP contribution in [0, 0.1) is 11.2 Å². The number of aromatic amines is 1. The molecule has 212 valence electrons. The summed E-state index contributed by atoms with van der Waals surface area (Å²) in [6.45, 7) is 7.09. The normalized spacial score (nSPS) is 21.0. The van der Waals surface area contributed by atoms with E-state index < -0.39 is 23.4 Å². The lowest BCUT2D eigenvalue weighted by molar-refractivity contribution is 0.0665. The van der Waals surface area contributed by atoms with Crippen LogP contribution in [0.5, 0.6) is 0 Å². The monoisotopic (exact) mass is 574 g/mol. The van der Waals surface area contributed by atoms with Crippen LogP contribution in [0.2, 0.25) is 0 Å². The van der Waals surface area contributed by atoms with Crippen LogP contribution in [0.4, 0.5) is 21.6 Å². The van der Waals surface area contributed by atoms with Crippen molar-refractivity contribution in [2.45, 2.75) is 51.7 Å². The molecule has 0 saturated carbocycles. The molecule has 1 aliphatic heterocycles. The highest BCUT2D eigenvalue weighted by Gasteiger charge is 2.40. The average Bonchev–Trinajstić information content (AvgIpc) is 3.62. The van der Waals surface area contributed by atoms with Crippen molar-refractivity contribution in [3.8, 4) is 11.3 Å². The van der Waals surface area contributed by atoms with Crippen molar-refractivity contribution in [3.05, 3.63) is 85.7 Å². The second kappa shape index (κ2) is 10.2. The van der Waals surface area contributed by atoms with Crippen molar-refractivity contribution in [2.75, 3.05) is 17.2 Å². The van der Waals surface area contributed by atoms with Gasteiger partial charge in [0.25, 0.3) is 11.5 Å². The maximum Gasteiger partial charge on any atom is 0.287 e. The van der Waals surface area contributed by atoms with E-state index in [9.17, 15) is 19.1 Å². The van der Waals surface area contributed by atoms with E-state index in [1.165, 1.54) is 29.5 Å². The maximum absolute atomic E-state index is 14.7. The Bertz CT molecular complexity index is 1690. The number of aliphatic hydroxyl groups excluding tert-OH is 1. The van der Waals surface area contributed by atoms with Crippen molar-refractivity contribution in [1.82, 2.24) is 20.5 Å². The zero-order valence-electron chi connectivity index (χ0n) is 23.0. The average molecular weight is 575 g/mol. The van der Waals surface area contributed by atoms with E-state index >= 15 is 0 Å². The summed E-state index contributed by atoms with van der Waals surface area (Å²) in [7, 11) is 0. The molecular formula is C30H31FN6O3S. The molecule has 11 heteroatoms. The van der Waals surface area contributed by atoms with Crippen LogP contribution in [0.15, 0.2) is 53.5 Å². The van der Waals surface area contributed by atoms with E-state index in [2.05, 4.69) is 38.1 Å². The third-order valence-corrected chi connectivity index (χ3v) is 9.21. The minimum Gasteiger partial charge on any atom is -0.388 e. The Hall–Kier alpha value is -3.93. The first kappa shape index (κ1) is 27.3. The standard InChI is InChI=1S/C30H31FN6O3S/c1-29(2)14-24-18(26(29)38)12-23(41-24)28(40)35-21-11-16(5-7-19(21)31)20-13-22(27(39)37-36-20)34-25-8-6-17(15-32-25)30(3)9-4-10-33-30/h5-8,11-13,15,26,33,38H,4,9-10,14H2,1-3H3,(H,35,40)(H,37,39)(H,32,34,36)/t26-,30-/m1/s1. The largest absolute Gasteiger partial charge is 0.388 e. The summed E-state index contributed by atoms with van der Waals surface area (Å²) in [6, 6.07) is 11.3. The maximum atomic E-state index is 14.7. The fraction of sp³-hybridized carbons (Fsp3) is 0.333. The Labute approximate surface area is 240 Å². The number of aromatic nitrogens is 3. The first-order chi connectivity index (χ1) is 19.5. The molecule has 5 N–H and O–H groups in total. The van der Waals surface area contributed by atoms with Gasteiger partial charge >= 0.3 is 0 Å². The van der Waals surface area contributed by atoms with Crippen molar-refractivity contribution >= 4 is 34.4 Å². The Morgan fingerprint density at radius 1 is 1.15 bits per heavy atom. The molecule has 1 saturated heterocycles. The predicted octanol–water partition coefficient (Wildman–Crippen LogP) is 5.24. The molecule has 1 fully saturated rings. The van der Waals surface area contributed by atoms with E-state index in [1.807, 2.05) is 26.0 Å². The Kier molecular flexibility index (Phi) is 6.75. The molecule has 2 aliphatic rings. The van der Waals surface area contributed by atoms with Gasteiger partial charge in [-0.25, -0.2) is 14.5 Å². The molecule has 41 heavy (non-hydrogen) atoms. The second-order valence-corrected chi connectivity index (χ2v) is 12.8. The fourth-order valence-electron chi connectivity index (χ4n) is 5.54. The fourth-order valence-corrected chi connectivity index (χ4v) is 6.87. The molecule has 0 radical (unpaired) electrons. The number of halogens is 1. The molecule has 2 atom stereocenters. The van der Waals surface area contributed by atoms with E-state index in [-0.39, 0.29) is 22.3 Å². The Morgan fingerprint density at radius 3 is 2.68 bits per heavy atom. The number of fused-ring (bicyclic) bond motifs is 1. The number of pyridine rings is 1. The number of hydrogen-bond acceptors (Lipinski definition) is 8. The van der Waals surface area contributed by atoms with E-state index in [0.29, 0.717) is 28.4 Å². The zero-order valence-corrected chi connectivity index (χ0v) is 23.8. The van der Waals surface area contributed by atoms with Gasteiger partial charge in [-0.15, -0.1) is 11.3 Å². The van der Waals surface area contributed by atoms with Gasteiger partial charge < -0.3 is 21.1 Å². The van der Waals surface area contributed by atoms with Gasteiger partial charge in [-0.2, -0.15) is 5.10 Å². The molecule has 1 amide bonds. The number of rotatable bonds is 6. The molecule has 4 heterocycles. The number of anilines is 3. The van der Waals surface area contributed by atoms with Gasteiger partial charge in [-0.05, 0) is 85.7 Å². The molecule has 0 bridgehead atoms. The molecule has 6 rings (SSSR count). The quantitative estimate of drug-likeness (QED) is 0.213. The number of nitrogens with one attached hydrogen (secondary N) is 4. The van der Waals surface area contributed by atoms with Crippen LogP contribution in [0.3, 0.4) is 0 Å². The highest BCUT2D eigenvalue weighted by atomic mass is 32.1. The molecule has 9 nitrogen and oxygen atoms in total. The third kappa shape index (κ3) is 5.16. The van der Waals surface area contributed by atoms with Gasteiger partial charge in [0.2, 0.25) is 0 Å². The lowest BCUT2D eigenvalue weighted by Gasteiger charge is -2.24. The van der Waals surface area contributed by atoms with Crippen molar-refractivity contribution in [1.29, 1.82) is 0 Å². The van der Waals surface area contributed by atoms with Crippen LogP contribution in [-0.4, -0.2) is 32.7 Å². The van der Waals surface area contributed by atoms with Crippen LogP contribution >= 0.6 is 11.3 Å². The molecule has 0 unspecified atom stereocenters. The molecular weight excluding hydrogens is 543 g/mol.